The van der Waals surface area contributed by atoms with Crippen molar-refractivity contribution in [1.29, 1.82) is 0 Å². The summed E-state index contributed by atoms with van der Waals surface area (Å²) in [7, 11) is 0. The standard InChI is InChI=1S/C25H28N2O2S/c1-19(2)27(25(28)26-22-11-15-24(30-3)16-12-22)17-20-9-13-23(14-10-20)29-18-21-7-5-4-6-8-21/h4-16,19H,17-18H2,1-3H3,(H,26,28). The lowest BCUT2D eigenvalue weighted by molar-refractivity contribution is 0.193. The Morgan fingerprint density at radius 2 is 1.60 bits per heavy atom. The summed E-state index contributed by atoms with van der Waals surface area (Å²) in [5, 5.41) is 3.00. The molecule has 5 heteroatoms. The first-order valence-corrected chi connectivity index (χ1v) is 11.2. The molecular weight excluding hydrogens is 392 g/mol. The van der Waals surface area contributed by atoms with Crippen LogP contribution in [-0.4, -0.2) is 23.2 Å². The molecule has 0 unspecified atom stereocenters. The summed E-state index contributed by atoms with van der Waals surface area (Å²) in [6.45, 7) is 5.11. The summed E-state index contributed by atoms with van der Waals surface area (Å²) in [5.41, 5.74) is 2.99. The van der Waals surface area contributed by atoms with Crippen LogP contribution in [0.15, 0.2) is 83.8 Å². The van der Waals surface area contributed by atoms with Crippen molar-refractivity contribution in [2.24, 2.45) is 0 Å². The number of hydrogen-bond donors (Lipinski definition) is 1. The average Bonchev–Trinajstić information content (AvgIpc) is 2.77. The van der Waals surface area contributed by atoms with Gasteiger partial charge in [0.2, 0.25) is 0 Å². The molecule has 0 fully saturated rings. The molecule has 0 radical (unpaired) electrons. The van der Waals surface area contributed by atoms with E-state index < -0.39 is 0 Å². The quantitative estimate of drug-likeness (QED) is 0.427. The zero-order chi connectivity index (χ0) is 21.3. The predicted molar refractivity (Wildman–Crippen MR) is 125 cm³/mol. The summed E-state index contributed by atoms with van der Waals surface area (Å²) >= 11 is 1.68. The van der Waals surface area contributed by atoms with Crippen molar-refractivity contribution < 1.29 is 9.53 Å². The van der Waals surface area contributed by atoms with Crippen LogP contribution in [0.2, 0.25) is 0 Å². The van der Waals surface area contributed by atoms with Gasteiger partial charge in [0.15, 0.2) is 0 Å². The third-order valence-electron chi connectivity index (χ3n) is 4.75. The molecule has 0 atom stereocenters. The number of nitrogens with zero attached hydrogens (tertiary/aromatic N) is 1. The van der Waals surface area contributed by atoms with Crippen molar-refractivity contribution >= 4 is 23.5 Å². The number of urea groups is 1. The third kappa shape index (κ3) is 6.29. The Morgan fingerprint density at radius 1 is 0.933 bits per heavy atom. The Hall–Kier alpha value is -2.92. The van der Waals surface area contributed by atoms with Crippen molar-refractivity contribution in [3.05, 3.63) is 90.0 Å². The highest BCUT2D eigenvalue weighted by molar-refractivity contribution is 7.98. The Labute approximate surface area is 183 Å². The highest BCUT2D eigenvalue weighted by Crippen LogP contribution is 2.20. The van der Waals surface area contributed by atoms with Gasteiger partial charge in [-0.05, 0) is 67.6 Å². The van der Waals surface area contributed by atoms with Crippen LogP contribution in [0.5, 0.6) is 5.75 Å². The molecule has 3 rings (SSSR count). The first kappa shape index (κ1) is 21.8. The van der Waals surface area contributed by atoms with Gasteiger partial charge in [0.1, 0.15) is 12.4 Å². The van der Waals surface area contributed by atoms with E-state index >= 15 is 0 Å². The lowest BCUT2D eigenvalue weighted by atomic mass is 10.2. The third-order valence-corrected chi connectivity index (χ3v) is 5.49. The van der Waals surface area contributed by atoms with E-state index in [1.54, 1.807) is 11.8 Å². The summed E-state index contributed by atoms with van der Waals surface area (Å²) in [6.07, 6.45) is 2.03. The number of amides is 2. The molecule has 3 aromatic rings. The molecule has 2 amide bonds. The molecule has 30 heavy (non-hydrogen) atoms. The number of thioether (sulfide) groups is 1. The number of nitrogens with one attached hydrogen (secondary N) is 1. The molecule has 0 aliphatic heterocycles. The number of anilines is 1. The largest absolute Gasteiger partial charge is 0.489 e. The van der Waals surface area contributed by atoms with Crippen LogP contribution < -0.4 is 10.1 Å². The molecule has 0 bridgehead atoms. The van der Waals surface area contributed by atoms with Crippen LogP contribution in [0.25, 0.3) is 0 Å². The summed E-state index contributed by atoms with van der Waals surface area (Å²) in [5.74, 6) is 0.817. The van der Waals surface area contributed by atoms with Crippen LogP contribution in [0.4, 0.5) is 10.5 Å². The number of benzene rings is 3. The van der Waals surface area contributed by atoms with Gasteiger partial charge in [-0.25, -0.2) is 4.79 Å². The Bertz CT molecular complexity index is 926. The van der Waals surface area contributed by atoms with E-state index in [2.05, 4.69) is 5.32 Å². The molecule has 1 N–H and O–H groups in total. The second-order valence-electron chi connectivity index (χ2n) is 7.30. The van der Waals surface area contributed by atoms with Crippen molar-refractivity contribution in [2.75, 3.05) is 11.6 Å². The zero-order valence-electron chi connectivity index (χ0n) is 17.7. The number of carbonyl (C=O) groups is 1. The molecule has 156 valence electrons. The molecule has 0 spiro atoms. The van der Waals surface area contributed by atoms with Gasteiger partial charge in [-0.3, -0.25) is 0 Å². The molecule has 0 heterocycles. The van der Waals surface area contributed by atoms with Crippen molar-refractivity contribution in [2.45, 2.75) is 37.9 Å². The van der Waals surface area contributed by atoms with Gasteiger partial charge < -0.3 is 15.0 Å². The van der Waals surface area contributed by atoms with Gasteiger partial charge in [-0.2, -0.15) is 0 Å². The fraction of sp³-hybridized carbons (Fsp3) is 0.240. The van der Waals surface area contributed by atoms with E-state index in [0.29, 0.717) is 13.2 Å². The minimum atomic E-state index is -0.105. The topological polar surface area (TPSA) is 41.6 Å². The highest BCUT2D eigenvalue weighted by Gasteiger charge is 2.17. The minimum absolute atomic E-state index is 0.0736. The van der Waals surface area contributed by atoms with Gasteiger partial charge >= 0.3 is 6.03 Å². The summed E-state index contributed by atoms with van der Waals surface area (Å²) in [4.78, 5) is 15.8. The molecule has 0 aliphatic rings. The van der Waals surface area contributed by atoms with Crippen LogP contribution in [0.1, 0.15) is 25.0 Å². The number of hydrogen-bond acceptors (Lipinski definition) is 3. The fourth-order valence-corrected chi connectivity index (χ4v) is 3.40. The normalized spacial score (nSPS) is 10.7. The molecular formula is C25H28N2O2S. The summed E-state index contributed by atoms with van der Waals surface area (Å²) in [6, 6.07) is 25.9. The molecule has 0 saturated heterocycles. The van der Waals surface area contributed by atoms with Crippen molar-refractivity contribution in [1.82, 2.24) is 4.90 Å². The van der Waals surface area contributed by atoms with Crippen LogP contribution >= 0.6 is 11.8 Å². The average molecular weight is 421 g/mol. The van der Waals surface area contributed by atoms with Crippen molar-refractivity contribution in [3.63, 3.8) is 0 Å². The maximum absolute atomic E-state index is 12.8. The van der Waals surface area contributed by atoms with Crippen LogP contribution in [-0.2, 0) is 13.2 Å². The molecule has 0 aliphatic carbocycles. The van der Waals surface area contributed by atoms with Crippen LogP contribution in [0, 0.1) is 0 Å². The summed E-state index contributed by atoms with van der Waals surface area (Å²) < 4.78 is 5.85. The molecule has 3 aromatic carbocycles. The van der Waals surface area contributed by atoms with Gasteiger partial charge in [0, 0.05) is 23.2 Å². The Balaban J connectivity index is 1.59. The lowest BCUT2D eigenvalue weighted by Gasteiger charge is -2.27. The van der Waals surface area contributed by atoms with Gasteiger partial charge in [-0.15, -0.1) is 11.8 Å². The first-order chi connectivity index (χ1) is 14.5. The molecule has 0 saturated carbocycles. The molecule has 4 nitrogen and oxygen atoms in total. The first-order valence-electron chi connectivity index (χ1n) is 10.0. The fourth-order valence-electron chi connectivity index (χ4n) is 2.99. The Morgan fingerprint density at radius 3 is 2.20 bits per heavy atom. The monoisotopic (exact) mass is 420 g/mol. The maximum atomic E-state index is 12.8. The second kappa shape index (κ2) is 10.7. The number of rotatable bonds is 8. The van der Waals surface area contributed by atoms with Gasteiger partial charge in [0.05, 0.1) is 0 Å². The number of carbonyl (C=O) groups excluding carboxylic acids is 1. The SMILES string of the molecule is CSc1ccc(NC(=O)N(Cc2ccc(OCc3ccccc3)cc2)C(C)C)cc1. The van der Waals surface area contributed by atoms with E-state index in [1.807, 2.05) is 104 Å². The van der Waals surface area contributed by atoms with Gasteiger partial charge in [-0.1, -0.05) is 42.5 Å². The molecule has 0 aromatic heterocycles. The van der Waals surface area contributed by atoms with Crippen molar-refractivity contribution in [3.8, 4) is 5.75 Å². The van der Waals surface area contributed by atoms with E-state index in [-0.39, 0.29) is 12.1 Å². The predicted octanol–water partition coefficient (Wildman–Crippen LogP) is 6.43. The van der Waals surface area contributed by atoms with E-state index in [0.717, 1.165) is 22.6 Å². The van der Waals surface area contributed by atoms with E-state index in [1.165, 1.54) is 4.90 Å². The minimum Gasteiger partial charge on any atom is -0.489 e. The van der Waals surface area contributed by atoms with E-state index in [9.17, 15) is 4.79 Å². The van der Waals surface area contributed by atoms with E-state index in [4.69, 9.17) is 4.74 Å². The lowest BCUT2D eigenvalue weighted by Crippen LogP contribution is -2.39. The highest BCUT2D eigenvalue weighted by atomic mass is 32.2. The Kier molecular flexibility index (Phi) is 7.80. The zero-order valence-corrected chi connectivity index (χ0v) is 18.5. The van der Waals surface area contributed by atoms with Crippen LogP contribution in [0.3, 0.4) is 0 Å². The second-order valence-corrected chi connectivity index (χ2v) is 8.18. The maximum Gasteiger partial charge on any atom is 0.322 e. The smallest absolute Gasteiger partial charge is 0.322 e. The van der Waals surface area contributed by atoms with Gasteiger partial charge in [0.25, 0.3) is 0 Å². The number of ether oxygens (including phenoxy) is 1.